The zero-order valence-corrected chi connectivity index (χ0v) is 12.0. The number of hydrogen-bond donors (Lipinski definition) is 2. The first-order chi connectivity index (χ1) is 8.76. The maximum Gasteiger partial charge on any atom is 0.250 e. The number of ether oxygens (including phenoxy) is 1. The highest BCUT2D eigenvalue weighted by atomic mass is 16.5. The number of carbonyl (C=O) groups is 1. The number of amides is 1. The van der Waals surface area contributed by atoms with Crippen molar-refractivity contribution in [3.05, 3.63) is 0 Å². The summed E-state index contributed by atoms with van der Waals surface area (Å²) in [5.41, 5.74) is 5.41. The molecule has 0 radical (unpaired) electrons. The Hall–Kier alpha value is -0.610. The summed E-state index contributed by atoms with van der Waals surface area (Å²) in [6, 6.07) is 0. The van der Waals surface area contributed by atoms with Crippen LogP contribution in [0.3, 0.4) is 0 Å². The van der Waals surface area contributed by atoms with Crippen LogP contribution in [0.1, 0.15) is 58.3 Å². The van der Waals surface area contributed by atoms with Crippen LogP contribution in [0.4, 0.5) is 0 Å². The van der Waals surface area contributed by atoms with Crippen LogP contribution >= 0.6 is 0 Å². The van der Waals surface area contributed by atoms with Crippen LogP contribution in [-0.2, 0) is 9.53 Å². The molecule has 0 aliphatic carbocycles. The van der Waals surface area contributed by atoms with Gasteiger partial charge >= 0.3 is 0 Å². The summed E-state index contributed by atoms with van der Waals surface area (Å²) in [5, 5.41) is 2.85. The molecule has 0 saturated carbocycles. The molecule has 18 heavy (non-hydrogen) atoms. The SMILES string of the molecule is CCCCCCCCCCNC(=O)C(CN)OC. The lowest BCUT2D eigenvalue weighted by Gasteiger charge is -2.12. The average Bonchev–Trinajstić information content (AvgIpc) is 2.38. The lowest BCUT2D eigenvalue weighted by Crippen LogP contribution is -2.40. The number of nitrogens with one attached hydrogen (secondary N) is 1. The topological polar surface area (TPSA) is 64.4 Å². The first-order valence-electron chi connectivity index (χ1n) is 7.26. The molecular formula is C14H30N2O2. The predicted molar refractivity (Wildman–Crippen MR) is 75.5 cm³/mol. The van der Waals surface area contributed by atoms with E-state index in [4.69, 9.17) is 10.5 Å². The van der Waals surface area contributed by atoms with Gasteiger partial charge in [-0.15, -0.1) is 0 Å². The molecule has 0 bridgehead atoms. The summed E-state index contributed by atoms with van der Waals surface area (Å²) in [7, 11) is 1.51. The fourth-order valence-electron chi connectivity index (χ4n) is 1.89. The average molecular weight is 258 g/mol. The van der Waals surface area contributed by atoms with Crippen molar-refractivity contribution < 1.29 is 9.53 Å². The minimum absolute atomic E-state index is 0.0945. The van der Waals surface area contributed by atoms with E-state index in [2.05, 4.69) is 12.2 Å². The monoisotopic (exact) mass is 258 g/mol. The summed E-state index contributed by atoms with van der Waals surface area (Å²) in [4.78, 5) is 11.5. The lowest BCUT2D eigenvalue weighted by atomic mass is 10.1. The Morgan fingerprint density at radius 1 is 1.11 bits per heavy atom. The van der Waals surface area contributed by atoms with Gasteiger partial charge in [0.15, 0.2) is 0 Å². The van der Waals surface area contributed by atoms with Gasteiger partial charge in [0.05, 0.1) is 0 Å². The van der Waals surface area contributed by atoms with Crippen molar-refractivity contribution in [3.63, 3.8) is 0 Å². The first kappa shape index (κ1) is 17.4. The first-order valence-corrected chi connectivity index (χ1v) is 7.26. The normalized spacial score (nSPS) is 12.4. The third-order valence-corrected chi connectivity index (χ3v) is 3.12. The van der Waals surface area contributed by atoms with Crippen LogP contribution in [0.5, 0.6) is 0 Å². The van der Waals surface area contributed by atoms with Crippen molar-refractivity contribution in [2.45, 2.75) is 64.4 Å². The number of methoxy groups -OCH3 is 1. The van der Waals surface area contributed by atoms with Crippen LogP contribution in [-0.4, -0.2) is 32.2 Å². The minimum atomic E-state index is -0.501. The third kappa shape index (κ3) is 9.42. The molecule has 0 saturated heterocycles. The molecule has 0 aromatic heterocycles. The molecule has 0 spiro atoms. The quantitative estimate of drug-likeness (QED) is 0.528. The van der Waals surface area contributed by atoms with E-state index in [9.17, 15) is 4.79 Å². The van der Waals surface area contributed by atoms with E-state index in [-0.39, 0.29) is 12.5 Å². The molecule has 0 aromatic carbocycles. The van der Waals surface area contributed by atoms with Gasteiger partial charge in [-0.25, -0.2) is 0 Å². The van der Waals surface area contributed by atoms with Gasteiger partial charge in [-0.05, 0) is 6.42 Å². The molecule has 0 heterocycles. The van der Waals surface area contributed by atoms with Crippen LogP contribution in [0.25, 0.3) is 0 Å². The van der Waals surface area contributed by atoms with Gasteiger partial charge < -0.3 is 15.8 Å². The molecule has 0 aromatic rings. The summed E-state index contributed by atoms with van der Waals surface area (Å²) < 4.78 is 4.96. The van der Waals surface area contributed by atoms with Gasteiger partial charge in [0.2, 0.25) is 5.91 Å². The fourth-order valence-corrected chi connectivity index (χ4v) is 1.89. The number of unbranched alkanes of at least 4 members (excludes halogenated alkanes) is 7. The van der Waals surface area contributed by atoms with Gasteiger partial charge in [0.1, 0.15) is 6.10 Å². The van der Waals surface area contributed by atoms with Crippen molar-refractivity contribution in [1.29, 1.82) is 0 Å². The maximum atomic E-state index is 11.5. The number of rotatable bonds is 12. The molecule has 108 valence electrons. The smallest absolute Gasteiger partial charge is 0.250 e. The Morgan fingerprint density at radius 2 is 1.67 bits per heavy atom. The Kier molecular flexibility index (Phi) is 12.4. The molecule has 0 aliphatic rings. The second-order valence-electron chi connectivity index (χ2n) is 4.73. The predicted octanol–water partition coefficient (Wildman–Crippen LogP) is 2.22. The standard InChI is InChI=1S/C14H30N2O2/c1-3-4-5-6-7-8-9-10-11-16-14(17)13(12-15)18-2/h13H,3-12,15H2,1-2H3,(H,16,17). The van der Waals surface area contributed by atoms with Crippen LogP contribution < -0.4 is 11.1 Å². The largest absolute Gasteiger partial charge is 0.370 e. The van der Waals surface area contributed by atoms with Crippen molar-refractivity contribution in [1.82, 2.24) is 5.32 Å². The molecule has 4 heteroatoms. The van der Waals surface area contributed by atoms with Gasteiger partial charge in [-0.1, -0.05) is 51.9 Å². The summed E-state index contributed by atoms with van der Waals surface area (Å²) >= 11 is 0. The Labute approximate surface area is 112 Å². The van der Waals surface area contributed by atoms with Gasteiger partial charge in [-0.3, -0.25) is 4.79 Å². The Bertz CT molecular complexity index is 194. The second kappa shape index (κ2) is 12.8. The summed E-state index contributed by atoms with van der Waals surface area (Å²) in [5.74, 6) is -0.0945. The van der Waals surface area contributed by atoms with E-state index in [0.717, 1.165) is 13.0 Å². The molecule has 3 N–H and O–H groups in total. The maximum absolute atomic E-state index is 11.5. The van der Waals surface area contributed by atoms with E-state index in [1.165, 1.54) is 52.1 Å². The zero-order chi connectivity index (χ0) is 13.6. The molecule has 0 fully saturated rings. The van der Waals surface area contributed by atoms with Crippen LogP contribution in [0.15, 0.2) is 0 Å². The molecular weight excluding hydrogens is 228 g/mol. The third-order valence-electron chi connectivity index (χ3n) is 3.12. The molecule has 1 unspecified atom stereocenters. The highest BCUT2D eigenvalue weighted by molar-refractivity contribution is 5.80. The van der Waals surface area contributed by atoms with Crippen molar-refractivity contribution in [3.8, 4) is 0 Å². The van der Waals surface area contributed by atoms with Gasteiger partial charge in [0, 0.05) is 20.2 Å². The summed E-state index contributed by atoms with van der Waals surface area (Å²) in [6.07, 6.45) is 9.67. The second-order valence-corrected chi connectivity index (χ2v) is 4.73. The molecule has 1 amide bonds. The number of hydrogen-bond acceptors (Lipinski definition) is 3. The molecule has 0 rings (SSSR count). The zero-order valence-electron chi connectivity index (χ0n) is 12.0. The van der Waals surface area contributed by atoms with E-state index in [1.807, 2.05) is 0 Å². The van der Waals surface area contributed by atoms with Crippen LogP contribution in [0.2, 0.25) is 0 Å². The number of carbonyl (C=O) groups excluding carboxylic acids is 1. The summed E-state index contributed by atoms with van der Waals surface area (Å²) in [6.45, 7) is 3.20. The van der Waals surface area contributed by atoms with E-state index >= 15 is 0 Å². The van der Waals surface area contributed by atoms with E-state index < -0.39 is 6.10 Å². The van der Waals surface area contributed by atoms with Gasteiger partial charge in [-0.2, -0.15) is 0 Å². The van der Waals surface area contributed by atoms with Crippen molar-refractivity contribution >= 4 is 5.91 Å². The highest BCUT2D eigenvalue weighted by Gasteiger charge is 2.14. The minimum Gasteiger partial charge on any atom is -0.370 e. The molecule has 1 atom stereocenters. The highest BCUT2D eigenvalue weighted by Crippen LogP contribution is 2.07. The van der Waals surface area contributed by atoms with Gasteiger partial charge in [0.25, 0.3) is 0 Å². The fraction of sp³-hybridized carbons (Fsp3) is 0.929. The molecule has 0 aliphatic heterocycles. The van der Waals surface area contributed by atoms with Crippen molar-refractivity contribution in [2.75, 3.05) is 20.2 Å². The Morgan fingerprint density at radius 3 is 2.17 bits per heavy atom. The molecule has 4 nitrogen and oxygen atoms in total. The number of nitrogens with two attached hydrogens (primary N) is 1. The van der Waals surface area contributed by atoms with E-state index in [0.29, 0.717) is 0 Å². The Balaban J connectivity index is 3.27. The van der Waals surface area contributed by atoms with Crippen molar-refractivity contribution in [2.24, 2.45) is 5.73 Å². The van der Waals surface area contributed by atoms with E-state index in [1.54, 1.807) is 0 Å². The van der Waals surface area contributed by atoms with Crippen LogP contribution in [0, 0.1) is 0 Å². The lowest BCUT2D eigenvalue weighted by molar-refractivity contribution is -0.130.